The predicted molar refractivity (Wildman–Crippen MR) is 157 cm³/mol. The number of ether oxygens (including phenoxy) is 1. The van der Waals surface area contributed by atoms with Gasteiger partial charge in [-0.15, -0.1) is 0 Å². The molecule has 0 fully saturated rings. The number of hydrogen-bond acceptors (Lipinski definition) is 2. The zero-order valence-electron chi connectivity index (χ0n) is 22.6. The van der Waals surface area contributed by atoms with Crippen LogP contribution >= 0.6 is 23.3 Å². The van der Waals surface area contributed by atoms with Gasteiger partial charge < -0.3 is 4.74 Å². The van der Waals surface area contributed by atoms with Crippen LogP contribution in [0.3, 0.4) is 0 Å². The van der Waals surface area contributed by atoms with Crippen LogP contribution in [-0.2, 0) is 4.74 Å². The number of carbonyl (C=O) groups excluding carboxylic acids is 1. The van der Waals surface area contributed by atoms with E-state index in [2.05, 4.69) is 40.8 Å². The van der Waals surface area contributed by atoms with Crippen molar-refractivity contribution in [3.8, 4) is 0 Å². The first kappa shape index (κ1) is 31.5. The van der Waals surface area contributed by atoms with Crippen molar-refractivity contribution in [2.75, 3.05) is 18.1 Å². The summed E-state index contributed by atoms with van der Waals surface area (Å²) >= 11 is 4.14. The second-order valence-corrected chi connectivity index (χ2v) is 16.3. The minimum atomic E-state index is -1.17. The lowest BCUT2D eigenvalue weighted by atomic mass is 10.0. The zero-order valence-corrected chi connectivity index (χ0v) is 25.0. The molecule has 0 radical (unpaired) electrons. The molecular weight excluding hydrogens is 504 g/mol. The highest BCUT2D eigenvalue weighted by molar-refractivity contribution is 9.58. The Hall–Kier alpha value is -0.480. The van der Waals surface area contributed by atoms with Crippen LogP contribution in [0.1, 0.15) is 140 Å². The molecule has 1 aromatic carbocycles. The maximum absolute atomic E-state index is 12.5. The largest absolute Gasteiger partial charge is 0.462 e. The number of benzene rings is 1. The number of halogens is 1. The van der Waals surface area contributed by atoms with Crippen molar-refractivity contribution in [3.05, 3.63) is 29.8 Å². The van der Waals surface area contributed by atoms with E-state index in [4.69, 9.17) is 4.74 Å². The maximum atomic E-state index is 12.5. The fourth-order valence-corrected chi connectivity index (χ4v) is 10.0. The Labute approximate surface area is 220 Å². The van der Waals surface area contributed by atoms with E-state index in [9.17, 15) is 4.79 Å². The minimum Gasteiger partial charge on any atom is -0.462 e. The molecule has 0 aliphatic rings. The van der Waals surface area contributed by atoms with Gasteiger partial charge in [-0.2, -0.15) is 8.46 Å². The molecule has 0 aliphatic heterocycles. The van der Waals surface area contributed by atoms with Crippen LogP contribution in [-0.4, -0.2) is 24.1 Å². The van der Waals surface area contributed by atoms with Gasteiger partial charge in [0.25, 0.3) is 0 Å². The molecule has 4 heteroatoms. The van der Waals surface area contributed by atoms with Crippen molar-refractivity contribution in [3.63, 3.8) is 0 Å². The van der Waals surface area contributed by atoms with Crippen molar-refractivity contribution in [1.29, 1.82) is 0 Å². The van der Waals surface area contributed by atoms with Crippen LogP contribution in [0.25, 0.3) is 0 Å². The summed E-state index contributed by atoms with van der Waals surface area (Å²) in [7, 11) is -1.17. The zero-order chi connectivity index (χ0) is 24.9. The third-order valence-electron chi connectivity index (χ3n) is 6.63. The van der Waals surface area contributed by atoms with E-state index in [-0.39, 0.29) is 5.97 Å². The van der Waals surface area contributed by atoms with Gasteiger partial charge in [0.15, 0.2) is 0 Å². The molecule has 0 saturated carbocycles. The summed E-state index contributed by atoms with van der Waals surface area (Å²) < 4.78 is 5.33. The number of unbranched alkanes of at least 4 members (excludes halogenated alkanes) is 15. The highest BCUT2D eigenvalue weighted by atomic mass is 79.9. The topological polar surface area (TPSA) is 26.3 Å². The average molecular weight is 558 g/mol. The van der Waals surface area contributed by atoms with Crippen LogP contribution in [0.15, 0.2) is 29.2 Å². The van der Waals surface area contributed by atoms with Gasteiger partial charge in [0.2, 0.25) is 0 Å². The van der Waals surface area contributed by atoms with Gasteiger partial charge in [-0.3, -0.25) is 0 Å². The summed E-state index contributed by atoms with van der Waals surface area (Å²) in [4.78, 5) is 13.7. The monoisotopic (exact) mass is 556 g/mol. The number of esters is 1. The highest BCUT2D eigenvalue weighted by Crippen LogP contribution is 2.64. The molecule has 1 rings (SSSR count). The summed E-state index contributed by atoms with van der Waals surface area (Å²) in [6.07, 6.45) is 23.4. The highest BCUT2D eigenvalue weighted by Gasteiger charge is 2.27. The van der Waals surface area contributed by atoms with E-state index in [1.807, 2.05) is 19.1 Å². The number of hydrogen-bond donors (Lipinski definition) is 0. The molecule has 1 atom stereocenters. The molecule has 34 heavy (non-hydrogen) atoms. The van der Waals surface area contributed by atoms with Gasteiger partial charge in [-0.1, -0.05) is 122 Å². The minimum absolute atomic E-state index is 0.183. The van der Waals surface area contributed by atoms with E-state index in [1.165, 1.54) is 108 Å². The van der Waals surface area contributed by atoms with Crippen LogP contribution in [0.5, 0.6) is 0 Å². The summed E-state index contributed by atoms with van der Waals surface area (Å²) in [5, 5.41) is 0. The molecule has 0 aliphatic carbocycles. The van der Waals surface area contributed by atoms with E-state index in [1.54, 1.807) is 0 Å². The van der Waals surface area contributed by atoms with E-state index >= 15 is 0 Å². The van der Waals surface area contributed by atoms with E-state index in [0.29, 0.717) is 6.61 Å². The molecule has 2 nitrogen and oxygen atoms in total. The van der Waals surface area contributed by atoms with Crippen LogP contribution in [0, 0.1) is 0 Å². The van der Waals surface area contributed by atoms with Crippen molar-refractivity contribution in [2.45, 2.75) is 135 Å². The van der Waals surface area contributed by atoms with Gasteiger partial charge >= 0.3 is 5.97 Å². The molecule has 0 spiro atoms. The van der Waals surface area contributed by atoms with Crippen LogP contribution < -0.4 is 0 Å². The first-order chi connectivity index (χ1) is 16.6. The fourth-order valence-electron chi connectivity index (χ4n) is 4.69. The van der Waals surface area contributed by atoms with Crippen molar-refractivity contribution in [2.24, 2.45) is 0 Å². The Bertz CT molecular complexity index is 636. The molecule has 0 bridgehead atoms. The molecule has 0 saturated heterocycles. The Morgan fingerprint density at radius 1 is 0.676 bits per heavy atom. The Balaban J connectivity index is 2.21. The first-order valence-corrected chi connectivity index (χ1v) is 18.1. The SMILES string of the molecule is CCCCCCCCCCCCCCCCCCS(Br)(CCC)c1ccccc1C(=O)OCC. The lowest BCUT2D eigenvalue weighted by Gasteiger charge is -2.35. The Kier molecular flexibility index (Phi) is 19.2. The summed E-state index contributed by atoms with van der Waals surface area (Å²) in [5.41, 5.74) is 0.751. The number of carbonyl (C=O) groups is 1. The van der Waals surface area contributed by atoms with Gasteiger partial charge in [0.1, 0.15) is 0 Å². The van der Waals surface area contributed by atoms with Gasteiger partial charge in [-0.25, -0.2) is 4.79 Å². The van der Waals surface area contributed by atoms with Crippen molar-refractivity contribution in [1.82, 2.24) is 0 Å². The molecule has 0 amide bonds. The van der Waals surface area contributed by atoms with E-state index < -0.39 is 8.46 Å². The standard InChI is InChI=1S/C30H53BrO2S/c1-4-7-8-9-10-11-12-13-14-15-16-17-18-19-20-23-27-34(31,26-5-2)29-25-22-21-24-28(29)30(32)33-6-3/h21-22,24-25H,4-20,23,26-27H2,1-3H3. The van der Waals surface area contributed by atoms with Gasteiger partial charge in [-0.05, 0) is 58.2 Å². The van der Waals surface area contributed by atoms with Crippen LogP contribution in [0.2, 0.25) is 0 Å². The second kappa shape index (κ2) is 20.7. The number of rotatable bonds is 22. The van der Waals surface area contributed by atoms with Gasteiger partial charge in [0, 0.05) is 4.90 Å². The first-order valence-electron chi connectivity index (χ1n) is 14.3. The van der Waals surface area contributed by atoms with Crippen LogP contribution in [0.4, 0.5) is 0 Å². The van der Waals surface area contributed by atoms with E-state index in [0.717, 1.165) is 23.5 Å². The predicted octanol–water partition coefficient (Wildman–Crippen LogP) is 11.0. The summed E-state index contributed by atoms with van der Waals surface area (Å²) in [6.45, 7) is 6.82. The third kappa shape index (κ3) is 13.6. The van der Waals surface area contributed by atoms with Crippen molar-refractivity contribution < 1.29 is 9.53 Å². The lowest BCUT2D eigenvalue weighted by Crippen LogP contribution is -2.12. The normalized spacial score (nSPS) is 14.0. The molecule has 0 heterocycles. The quantitative estimate of drug-likeness (QED) is 0.105. The van der Waals surface area contributed by atoms with Gasteiger partial charge in [0.05, 0.1) is 12.2 Å². The summed E-state index contributed by atoms with van der Waals surface area (Å²) in [5.74, 6) is 2.08. The Morgan fingerprint density at radius 3 is 1.62 bits per heavy atom. The average Bonchev–Trinajstić information content (AvgIpc) is 2.84. The molecule has 0 aromatic heterocycles. The Morgan fingerprint density at radius 2 is 1.15 bits per heavy atom. The smallest absolute Gasteiger partial charge is 0.339 e. The molecular formula is C30H53BrO2S. The lowest BCUT2D eigenvalue weighted by molar-refractivity contribution is 0.0522. The maximum Gasteiger partial charge on any atom is 0.339 e. The third-order valence-corrected chi connectivity index (χ3v) is 12.7. The fraction of sp³-hybridized carbons (Fsp3) is 0.767. The molecule has 1 unspecified atom stereocenters. The molecule has 0 N–H and O–H groups in total. The molecule has 198 valence electrons. The molecule has 1 aromatic rings. The second-order valence-electron chi connectivity index (χ2n) is 9.72. The van der Waals surface area contributed by atoms with Crippen molar-refractivity contribution >= 4 is 29.2 Å². The summed E-state index contributed by atoms with van der Waals surface area (Å²) in [6, 6.07) is 8.08.